The first-order valence-corrected chi connectivity index (χ1v) is 19.4. The molecular weight excluding hydrogens is 678 g/mol. The molecule has 4 rings (SSSR count). The Kier molecular flexibility index (Phi) is 15.0. The molecule has 1 fully saturated rings. The maximum absolute atomic E-state index is 13.1. The van der Waals surface area contributed by atoms with Crippen LogP contribution in [0.3, 0.4) is 0 Å². The third-order valence-corrected chi connectivity index (χ3v) is 11.0. The van der Waals surface area contributed by atoms with E-state index >= 15 is 0 Å². The van der Waals surface area contributed by atoms with Crippen LogP contribution in [0.1, 0.15) is 68.1 Å². The number of rotatable bonds is 19. The summed E-state index contributed by atoms with van der Waals surface area (Å²) in [6.45, 7) is 4.04. The Morgan fingerprint density at radius 1 is 0.900 bits per heavy atom. The SMILES string of the molecule is COc1cc(N)c(Cl)cc1C(=O)OCCN1CCN(C(=O)CCCCCCCCCCNS(=O)(=O)c2cccc3c(N(C)C)cccc23)CC1. The molecule has 0 radical (unpaired) electrons. The Labute approximate surface area is 302 Å². The molecule has 274 valence electrons. The van der Waals surface area contributed by atoms with E-state index < -0.39 is 16.0 Å². The van der Waals surface area contributed by atoms with E-state index in [0.717, 1.165) is 80.9 Å². The minimum atomic E-state index is -3.60. The van der Waals surface area contributed by atoms with Gasteiger partial charge in [0.1, 0.15) is 17.9 Å². The first kappa shape index (κ1) is 39.2. The van der Waals surface area contributed by atoms with E-state index in [9.17, 15) is 18.0 Å². The van der Waals surface area contributed by atoms with Crippen LogP contribution < -0.4 is 20.1 Å². The molecule has 0 spiro atoms. The van der Waals surface area contributed by atoms with Gasteiger partial charge in [-0.3, -0.25) is 9.69 Å². The zero-order valence-electron chi connectivity index (χ0n) is 29.6. The van der Waals surface area contributed by atoms with Gasteiger partial charge < -0.3 is 25.0 Å². The lowest BCUT2D eigenvalue weighted by molar-refractivity contribution is -0.133. The third kappa shape index (κ3) is 11.0. The number of sulfonamides is 1. The summed E-state index contributed by atoms with van der Waals surface area (Å²) in [5.74, 6) is -0.000388. The molecule has 1 aliphatic rings. The van der Waals surface area contributed by atoms with Crippen LogP contribution in [-0.4, -0.2) is 97.2 Å². The second-order valence-electron chi connectivity index (χ2n) is 12.9. The minimum Gasteiger partial charge on any atom is -0.496 e. The molecule has 3 aromatic rings. The molecule has 0 atom stereocenters. The number of methoxy groups -OCH3 is 1. The van der Waals surface area contributed by atoms with Crippen molar-refractivity contribution in [1.29, 1.82) is 0 Å². The van der Waals surface area contributed by atoms with Crippen molar-refractivity contribution >= 4 is 55.6 Å². The van der Waals surface area contributed by atoms with E-state index in [1.54, 1.807) is 12.1 Å². The molecule has 13 heteroatoms. The highest BCUT2D eigenvalue weighted by Gasteiger charge is 2.22. The average molecular weight is 730 g/mol. The van der Waals surface area contributed by atoms with Crippen LogP contribution in [0.2, 0.25) is 5.02 Å². The number of fused-ring (bicyclic) bond motifs is 1. The van der Waals surface area contributed by atoms with Gasteiger partial charge in [0.2, 0.25) is 15.9 Å². The van der Waals surface area contributed by atoms with E-state index in [2.05, 4.69) is 9.62 Å². The van der Waals surface area contributed by atoms with Crippen LogP contribution >= 0.6 is 11.6 Å². The van der Waals surface area contributed by atoms with E-state index in [1.165, 1.54) is 19.2 Å². The molecule has 1 saturated heterocycles. The number of carbonyl (C=O) groups is 2. The number of nitrogen functional groups attached to an aromatic ring is 1. The van der Waals surface area contributed by atoms with Crippen LogP contribution in [-0.2, 0) is 19.6 Å². The lowest BCUT2D eigenvalue weighted by Gasteiger charge is -2.34. The quantitative estimate of drug-likeness (QED) is 0.0874. The summed E-state index contributed by atoms with van der Waals surface area (Å²) in [5.41, 5.74) is 7.34. The number of ether oxygens (including phenoxy) is 2. The Morgan fingerprint density at radius 3 is 2.22 bits per heavy atom. The number of hydrogen-bond donors (Lipinski definition) is 2. The smallest absolute Gasteiger partial charge is 0.342 e. The molecule has 0 saturated carbocycles. The number of benzene rings is 3. The van der Waals surface area contributed by atoms with Gasteiger partial charge in [0.25, 0.3) is 0 Å². The van der Waals surface area contributed by atoms with Crippen molar-refractivity contribution in [2.75, 3.05) is 77.7 Å². The van der Waals surface area contributed by atoms with Gasteiger partial charge in [0, 0.05) is 82.3 Å². The molecule has 0 aliphatic carbocycles. The summed E-state index contributed by atoms with van der Waals surface area (Å²) >= 11 is 6.06. The third-order valence-electron chi connectivity index (χ3n) is 9.14. The summed E-state index contributed by atoms with van der Waals surface area (Å²) in [4.78, 5) is 31.7. The zero-order valence-corrected chi connectivity index (χ0v) is 31.2. The van der Waals surface area contributed by atoms with Gasteiger partial charge in [-0.2, -0.15) is 0 Å². The van der Waals surface area contributed by atoms with Crippen molar-refractivity contribution in [2.45, 2.75) is 62.7 Å². The predicted octanol–water partition coefficient (Wildman–Crippen LogP) is 5.94. The molecule has 0 bridgehead atoms. The van der Waals surface area contributed by atoms with Crippen LogP contribution in [0.15, 0.2) is 53.4 Å². The molecule has 11 nitrogen and oxygen atoms in total. The molecule has 1 heterocycles. The van der Waals surface area contributed by atoms with Crippen molar-refractivity contribution < 1.29 is 27.5 Å². The summed E-state index contributed by atoms with van der Waals surface area (Å²) in [6, 6.07) is 14.1. The first-order chi connectivity index (χ1) is 24.0. The van der Waals surface area contributed by atoms with Gasteiger partial charge in [-0.25, -0.2) is 17.9 Å². The van der Waals surface area contributed by atoms with Crippen molar-refractivity contribution in [1.82, 2.24) is 14.5 Å². The summed E-state index contributed by atoms with van der Waals surface area (Å²) in [7, 11) is 1.76. The number of anilines is 2. The van der Waals surface area contributed by atoms with Crippen molar-refractivity contribution in [2.24, 2.45) is 0 Å². The number of carbonyl (C=O) groups excluding carboxylic acids is 2. The topological polar surface area (TPSA) is 135 Å². The average Bonchev–Trinajstić information content (AvgIpc) is 3.10. The number of amides is 1. The van der Waals surface area contributed by atoms with Crippen molar-refractivity contribution in [3.8, 4) is 5.75 Å². The summed E-state index contributed by atoms with van der Waals surface area (Å²) < 4.78 is 39.6. The molecule has 0 unspecified atom stereocenters. The lowest BCUT2D eigenvalue weighted by atomic mass is 10.1. The van der Waals surface area contributed by atoms with E-state index in [4.69, 9.17) is 26.8 Å². The minimum absolute atomic E-state index is 0.201. The second-order valence-corrected chi connectivity index (χ2v) is 15.1. The highest BCUT2D eigenvalue weighted by atomic mass is 35.5. The molecule has 1 amide bonds. The van der Waals surface area contributed by atoms with Crippen molar-refractivity contribution in [3.63, 3.8) is 0 Å². The monoisotopic (exact) mass is 729 g/mol. The van der Waals surface area contributed by atoms with E-state index in [0.29, 0.717) is 48.9 Å². The van der Waals surface area contributed by atoms with Gasteiger partial charge in [0.05, 0.1) is 22.7 Å². The Bertz CT molecular complexity index is 1700. The number of nitrogens with zero attached hydrogens (tertiary/aromatic N) is 3. The van der Waals surface area contributed by atoms with Gasteiger partial charge in [-0.15, -0.1) is 0 Å². The molecule has 0 aromatic heterocycles. The largest absolute Gasteiger partial charge is 0.496 e. The van der Waals surface area contributed by atoms with E-state index in [-0.39, 0.29) is 23.1 Å². The Balaban J connectivity index is 1.01. The Hall–Kier alpha value is -3.58. The van der Waals surface area contributed by atoms with Crippen LogP contribution in [0.25, 0.3) is 10.8 Å². The summed E-state index contributed by atoms with van der Waals surface area (Å²) in [5, 5.41) is 1.92. The van der Waals surface area contributed by atoms with Gasteiger partial charge in [-0.1, -0.05) is 74.4 Å². The number of nitrogens with one attached hydrogen (secondary N) is 1. The van der Waals surface area contributed by atoms with E-state index in [1.807, 2.05) is 48.2 Å². The lowest BCUT2D eigenvalue weighted by Crippen LogP contribution is -2.49. The fourth-order valence-electron chi connectivity index (χ4n) is 6.26. The molecule has 3 aromatic carbocycles. The number of hydrogen-bond acceptors (Lipinski definition) is 9. The maximum atomic E-state index is 13.1. The number of unbranched alkanes of at least 4 members (excludes halogenated alkanes) is 7. The molecule has 1 aliphatic heterocycles. The standard InChI is InChI=1S/C37H52ClN5O6S/c1-41(2)33-16-12-15-29-28(33)14-13-17-35(29)50(46,47)40-19-11-9-7-5-4-6-8-10-18-36(44)43-22-20-42(21-23-43)24-25-49-37(45)30-26-31(38)32(39)27-34(30)48-3/h12-17,26-27,40H,4-11,18-25,39H2,1-3H3. The number of esters is 1. The number of halogens is 1. The maximum Gasteiger partial charge on any atom is 0.342 e. The number of piperazine rings is 1. The first-order valence-electron chi connectivity index (χ1n) is 17.5. The summed E-state index contributed by atoms with van der Waals surface area (Å²) in [6.07, 6.45) is 8.64. The van der Waals surface area contributed by atoms with Gasteiger partial charge >= 0.3 is 5.97 Å². The molecular formula is C37H52ClN5O6S. The number of nitrogens with two attached hydrogens (primary N) is 1. The zero-order chi connectivity index (χ0) is 36.1. The van der Waals surface area contributed by atoms with Crippen molar-refractivity contribution in [3.05, 3.63) is 59.1 Å². The second kappa shape index (κ2) is 19.1. The predicted molar refractivity (Wildman–Crippen MR) is 201 cm³/mol. The highest BCUT2D eigenvalue weighted by molar-refractivity contribution is 7.89. The highest BCUT2D eigenvalue weighted by Crippen LogP contribution is 2.31. The van der Waals surface area contributed by atoms with Gasteiger partial charge in [-0.05, 0) is 31.0 Å². The molecule has 50 heavy (non-hydrogen) atoms. The van der Waals surface area contributed by atoms with Gasteiger partial charge in [0.15, 0.2) is 0 Å². The van der Waals surface area contributed by atoms with Crippen LogP contribution in [0, 0.1) is 0 Å². The normalized spacial score (nSPS) is 13.8. The molecule has 3 N–H and O–H groups in total. The van der Waals surface area contributed by atoms with Crippen LogP contribution in [0.5, 0.6) is 5.75 Å². The fourth-order valence-corrected chi connectivity index (χ4v) is 7.71. The fraction of sp³-hybridized carbons (Fsp3) is 0.514. The Morgan fingerprint density at radius 2 is 1.54 bits per heavy atom. The van der Waals surface area contributed by atoms with Crippen LogP contribution in [0.4, 0.5) is 11.4 Å².